The van der Waals surface area contributed by atoms with E-state index in [1.165, 1.54) is 24.4 Å². The number of esters is 2. The van der Waals surface area contributed by atoms with Gasteiger partial charge in [-0.1, -0.05) is 60.1 Å². The summed E-state index contributed by atoms with van der Waals surface area (Å²) < 4.78 is 16.4. The largest absolute Gasteiger partial charge is 0.482 e. The number of benzene rings is 4. The number of amides is 1. The Morgan fingerprint density at radius 2 is 1.34 bits per heavy atom. The van der Waals surface area contributed by atoms with Crippen molar-refractivity contribution in [1.29, 1.82) is 0 Å². The summed E-state index contributed by atoms with van der Waals surface area (Å²) >= 11 is 6.02. The molecule has 0 aliphatic carbocycles. The highest BCUT2D eigenvalue weighted by atomic mass is 35.5. The van der Waals surface area contributed by atoms with Crippen molar-refractivity contribution in [3.8, 4) is 17.2 Å². The number of carbonyl (C=O) groups is 3. The second-order valence-corrected chi connectivity index (χ2v) is 8.13. The van der Waals surface area contributed by atoms with Crippen LogP contribution in [0.5, 0.6) is 17.2 Å². The third-order valence-corrected chi connectivity index (χ3v) is 5.32. The Morgan fingerprint density at radius 1 is 0.737 bits per heavy atom. The number of nitrogens with zero attached hydrogens (tertiary/aromatic N) is 1. The lowest BCUT2D eigenvalue weighted by molar-refractivity contribution is -0.123. The molecule has 0 bridgehead atoms. The zero-order chi connectivity index (χ0) is 26.7. The summed E-state index contributed by atoms with van der Waals surface area (Å²) in [5, 5.41) is 4.30. The first-order chi connectivity index (χ1) is 18.5. The highest BCUT2D eigenvalue weighted by molar-refractivity contribution is 6.32. The number of hydrogen-bond donors (Lipinski definition) is 1. The van der Waals surface area contributed by atoms with Gasteiger partial charge in [-0.2, -0.15) is 5.10 Å². The molecule has 0 aliphatic heterocycles. The zero-order valence-electron chi connectivity index (χ0n) is 19.9. The summed E-state index contributed by atoms with van der Waals surface area (Å²) in [6.07, 6.45) is 1.30. The summed E-state index contributed by atoms with van der Waals surface area (Å²) in [4.78, 5) is 37.3. The van der Waals surface area contributed by atoms with E-state index in [1.807, 2.05) is 0 Å². The first-order valence-electron chi connectivity index (χ1n) is 11.4. The summed E-state index contributed by atoms with van der Waals surface area (Å²) in [5.41, 5.74) is 3.38. The van der Waals surface area contributed by atoms with Gasteiger partial charge in [-0.15, -0.1) is 0 Å². The van der Waals surface area contributed by atoms with E-state index in [1.54, 1.807) is 84.9 Å². The van der Waals surface area contributed by atoms with Crippen LogP contribution in [-0.2, 0) is 4.79 Å². The smallest absolute Gasteiger partial charge is 0.343 e. The van der Waals surface area contributed by atoms with Gasteiger partial charge in [-0.05, 0) is 48.5 Å². The normalized spacial score (nSPS) is 10.6. The van der Waals surface area contributed by atoms with Crippen molar-refractivity contribution in [3.05, 3.63) is 125 Å². The maximum absolute atomic E-state index is 12.7. The van der Waals surface area contributed by atoms with Gasteiger partial charge in [0.1, 0.15) is 17.2 Å². The van der Waals surface area contributed by atoms with E-state index in [2.05, 4.69) is 10.5 Å². The fraction of sp³-hybridized carbons (Fsp3) is 0.0345. The van der Waals surface area contributed by atoms with Crippen LogP contribution in [0.3, 0.4) is 0 Å². The molecule has 0 atom stereocenters. The molecule has 0 heterocycles. The molecule has 0 aromatic heterocycles. The predicted molar refractivity (Wildman–Crippen MR) is 142 cm³/mol. The quantitative estimate of drug-likeness (QED) is 0.137. The van der Waals surface area contributed by atoms with Crippen LogP contribution in [0.1, 0.15) is 26.3 Å². The van der Waals surface area contributed by atoms with E-state index in [4.69, 9.17) is 25.8 Å². The van der Waals surface area contributed by atoms with Gasteiger partial charge in [-0.25, -0.2) is 15.0 Å². The van der Waals surface area contributed by atoms with E-state index in [9.17, 15) is 14.4 Å². The topological polar surface area (TPSA) is 103 Å². The van der Waals surface area contributed by atoms with Crippen LogP contribution < -0.4 is 19.6 Å². The van der Waals surface area contributed by atoms with E-state index >= 15 is 0 Å². The second-order valence-electron chi connectivity index (χ2n) is 7.72. The Bertz CT molecular complexity index is 1460. The molecule has 0 unspecified atom stereocenters. The molecule has 0 saturated carbocycles. The van der Waals surface area contributed by atoms with Gasteiger partial charge in [0.25, 0.3) is 5.91 Å². The minimum atomic E-state index is -0.621. The molecule has 4 aromatic rings. The average molecular weight is 529 g/mol. The van der Waals surface area contributed by atoms with Gasteiger partial charge in [0, 0.05) is 11.6 Å². The van der Waals surface area contributed by atoms with Crippen LogP contribution in [0.15, 0.2) is 108 Å². The lowest BCUT2D eigenvalue weighted by Crippen LogP contribution is -2.24. The molecule has 0 fully saturated rings. The summed E-state index contributed by atoms with van der Waals surface area (Å²) in [6.45, 7) is -0.314. The monoisotopic (exact) mass is 528 g/mol. The number of rotatable bonds is 9. The number of nitrogens with one attached hydrogen (secondary N) is 1. The molecule has 0 radical (unpaired) electrons. The zero-order valence-corrected chi connectivity index (χ0v) is 20.6. The first-order valence-corrected chi connectivity index (χ1v) is 11.7. The van der Waals surface area contributed by atoms with Crippen molar-refractivity contribution >= 4 is 35.7 Å². The average Bonchev–Trinajstić information content (AvgIpc) is 2.94. The van der Waals surface area contributed by atoms with Crippen molar-refractivity contribution < 1.29 is 28.6 Å². The van der Waals surface area contributed by atoms with E-state index in [0.717, 1.165) is 0 Å². The lowest BCUT2D eigenvalue weighted by atomic mass is 10.2. The van der Waals surface area contributed by atoms with Crippen LogP contribution in [0.2, 0.25) is 5.02 Å². The van der Waals surface area contributed by atoms with E-state index in [0.29, 0.717) is 27.5 Å². The minimum Gasteiger partial charge on any atom is -0.482 e. The van der Waals surface area contributed by atoms with Crippen molar-refractivity contribution in [3.63, 3.8) is 0 Å². The molecular formula is C29H21ClN2O6. The number of hydrogen-bond acceptors (Lipinski definition) is 7. The summed E-state index contributed by atoms with van der Waals surface area (Å²) in [5.74, 6) is -1.13. The maximum atomic E-state index is 12.7. The molecule has 9 heteroatoms. The summed E-state index contributed by atoms with van der Waals surface area (Å²) in [6, 6.07) is 28.1. The van der Waals surface area contributed by atoms with E-state index < -0.39 is 17.8 Å². The van der Waals surface area contributed by atoms with Crippen molar-refractivity contribution in [2.24, 2.45) is 5.10 Å². The molecular weight excluding hydrogens is 508 g/mol. The van der Waals surface area contributed by atoms with Crippen LogP contribution in [0.4, 0.5) is 0 Å². The first kappa shape index (κ1) is 26.1. The molecule has 1 amide bonds. The van der Waals surface area contributed by atoms with Crippen molar-refractivity contribution in [2.45, 2.75) is 0 Å². The molecule has 1 N–H and O–H groups in total. The van der Waals surface area contributed by atoms with Crippen LogP contribution in [0.25, 0.3) is 0 Å². The molecule has 8 nitrogen and oxygen atoms in total. The Kier molecular flexibility index (Phi) is 8.83. The highest BCUT2D eigenvalue weighted by Gasteiger charge is 2.15. The van der Waals surface area contributed by atoms with Gasteiger partial charge >= 0.3 is 11.9 Å². The molecule has 4 rings (SSSR count). The van der Waals surface area contributed by atoms with Gasteiger partial charge in [0.2, 0.25) is 0 Å². The molecule has 0 spiro atoms. The SMILES string of the molecule is O=C(COc1ccccc1Cl)N/N=C/c1ccc(OC(=O)c2ccccc2)cc1OC(=O)c1ccccc1. The molecule has 0 saturated heterocycles. The molecule has 4 aromatic carbocycles. The van der Waals surface area contributed by atoms with Crippen LogP contribution in [-0.4, -0.2) is 30.7 Å². The third kappa shape index (κ3) is 7.28. The van der Waals surface area contributed by atoms with Crippen LogP contribution in [0, 0.1) is 0 Å². The van der Waals surface area contributed by atoms with Gasteiger partial charge < -0.3 is 14.2 Å². The summed E-state index contributed by atoms with van der Waals surface area (Å²) in [7, 11) is 0. The molecule has 190 valence electrons. The van der Waals surface area contributed by atoms with Crippen molar-refractivity contribution in [2.75, 3.05) is 6.61 Å². The molecule has 38 heavy (non-hydrogen) atoms. The highest BCUT2D eigenvalue weighted by Crippen LogP contribution is 2.26. The third-order valence-electron chi connectivity index (χ3n) is 5.01. The second kappa shape index (κ2) is 12.8. The number of para-hydroxylation sites is 1. The Labute approximate surface area is 223 Å². The van der Waals surface area contributed by atoms with Crippen molar-refractivity contribution in [1.82, 2.24) is 5.43 Å². The fourth-order valence-electron chi connectivity index (χ4n) is 3.16. The maximum Gasteiger partial charge on any atom is 0.343 e. The minimum absolute atomic E-state index is 0.0718. The van der Waals surface area contributed by atoms with E-state index in [-0.39, 0.29) is 18.1 Å². The molecule has 0 aliphatic rings. The lowest BCUT2D eigenvalue weighted by Gasteiger charge is -2.11. The Hall–Kier alpha value is -4.95. The number of halogens is 1. The predicted octanol–water partition coefficient (Wildman–Crippen LogP) is 5.31. The Morgan fingerprint density at radius 3 is 2.00 bits per heavy atom. The van der Waals surface area contributed by atoms with Gasteiger partial charge in [0.05, 0.1) is 22.4 Å². The fourth-order valence-corrected chi connectivity index (χ4v) is 3.35. The standard InChI is InChI=1S/C29H21ClN2O6/c30-24-13-7-8-14-25(24)36-19-27(33)32-31-18-22-15-16-23(37-28(34)20-9-3-1-4-10-20)17-26(22)38-29(35)21-11-5-2-6-12-21/h1-18H,19H2,(H,32,33)/b31-18+. The number of carbonyl (C=O) groups excluding carboxylic acids is 3. The number of ether oxygens (including phenoxy) is 3. The van der Waals surface area contributed by atoms with Gasteiger partial charge in [0.15, 0.2) is 6.61 Å². The Balaban J connectivity index is 1.47. The number of hydrazone groups is 1. The van der Waals surface area contributed by atoms with Crippen LogP contribution >= 0.6 is 11.6 Å². The van der Waals surface area contributed by atoms with Gasteiger partial charge in [-0.3, -0.25) is 4.79 Å².